The molecule has 1 aromatic carbocycles. The number of hydrogen-bond acceptors (Lipinski definition) is 5. The van der Waals surface area contributed by atoms with E-state index in [0.717, 1.165) is 16.5 Å². The molecular formula is C19H24N2O4. The lowest BCUT2D eigenvalue weighted by atomic mass is 10.0. The minimum atomic E-state index is -0.567. The van der Waals surface area contributed by atoms with Crippen molar-refractivity contribution in [2.75, 3.05) is 20.3 Å². The Balaban J connectivity index is 2.23. The number of aromatic nitrogens is 1. The second-order valence-electron chi connectivity index (χ2n) is 6.28. The number of methoxy groups -OCH3 is 1. The van der Waals surface area contributed by atoms with E-state index in [0.29, 0.717) is 23.7 Å². The lowest BCUT2D eigenvalue weighted by molar-refractivity contribution is -0.124. The van der Waals surface area contributed by atoms with Crippen LogP contribution in [0.1, 0.15) is 35.5 Å². The topological polar surface area (TPSA) is 77.5 Å². The van der Waals surface area contributed by atoms with Crippen molar-refractivity contribution >= 4 is 22.8 Å². The predicted octanol–water partition coefficient (Wildman–Crippen LogP) is 2.62. The highest BCUT2D eigenvalue weighted by atomic mass is 16.5. The van der Waals surface area contributed by atoms with Gasteiger partial charge in [-0.05, 0) is 24.5 Å². The number of pyridine rings is 1. The normalized spacial score (nSPS) is 10.9. The maximum absolute atomic E-state index is 12.5. The standard InChI is InChI=1S/C19H24N2O4/c1-12(2)9-20-17(22)11-25-19(23)18-13(3)14-7-5-6-8-15(14)21-16(18)10-24-4/h5-8,12H,9-11H2,1-4H3,(H,20,22). The third-order valence-corrected chi connectivity index (χ3v) is 3.75. The van der Waals surface area contributed by atoms with Crippen molar-refractivity contribution in [2.45, 2.75) is 27.4 Å². The minimum Gasteiger partial charge on any atom is -0.452 e. The van der Waals surface area contributed by atoms with Crippen LogP contribution in [0.25, 0.3) is 10.9 Å². The molecule has 6 heteroatoms. The molecule has 0 aliphatic carbocycles. The van der Waals surface area contributed by atoms with Crippen molar-refractivity contribution in [3.05, 3.63) is 41.1 Å². The number of nitrogens with one attached hydrogen (secondary N) is 1. The average Bonchev–Trinajstić information content (AvgIpc) is 2.58. The fraction of sp³-hybridized carbons (Fsp3) is 0.421. The number of fused-ring (bicyclic) bond motifs is 1. The number of aryl methyl sites for hydroxylation is 1. The smallest absolute Gasteiger partial charge is 0.340 e. The monoisotopic (exact) mass is 344 g/mol. The summed E-state index contributed by atoms with van der Waals surface area (Å²) < 4.78 is 10.4. The van der Waals surface area contributed by atoms with E-state index in [2.05, 4.69) is 10.3 Å². The van der Waals surface area contributed by atoms with Gasteiger partial charge in [0.2, 0.25) is 0 Å². The number of rotatable bonds is 7. The summed E-state index contributed by atoms with van der Waals surface area (Å²) >= 11 is 0. The number of ether oxygens (including phenoxy) is 2. The quantitative estimate of drug-likeness (QED) is 0.781. The lowest BCUT2D eigenvalue weighted by Gasteiger charge is -2.14. The molecule has 25 heavy (non-hydrogen) atoms. The molecular weight excluding hydrogens is 320 g/mol. The van der Waals surface area contributed by atoms with Crippen LogP contribution >= 0.6 is 0 Å². The van der Waals surface area contributed by atoms with Crippen LogP contribution in [0.3, 0.4) is 0 Å². The highest BCUT2D eigenvalue weighted by molar-refractivity contribution is 5.99. The second kappa shape index (κ2) is 8.58. The minimum absolute atomic E-state index is 0.190. The van der Waals surface area contributed by atoms with E-state index in [4.69, 9.17) is 9.47 Å². The number of carbonyl (C=O) groups excluding carboxylic acids is 2. The summed E-state index contributed by atoms with van der Waals surface area (Å²) in [6.07, 6.45) is 0. The summed E-state index contributed by atoms with van der Waals surface area (Å²) in [6.45, 7) is 6.25. The maximum atomic E-state index is 12.5. The summed E-state index contributed by atoms with van der Waals surface area (Å²) in [5.41, 5.74) is 2.42. The van der Waals surface area contributed by atoms with E-state index in [1.807, 2.05) is 45.0 Å². The van der Waals surface area contributed by atoms with Gasteiger partial charge in [-0.25, -0.2) is 9.78 Å². The Labute approximate surface area is 147 Å². The fourth-order valence-electron chi connectivity index (χ4n) is 2.52. The third-order valence-electron chi connectivity index (χ3n) is 3.75. The highest BCUT2D eigenvalue weighted by Gasteiger charge is 2.20. The van der Waals surface area contributed by atoms with Gasteiger partial charge in [0.1, 0.15) is 0 Å². The summed E-state index contributed by atoms with van der Waals surface area (Å²) in [5, 5.41) is 3.59. The van der Waals surface area contributed by atoms with E-state index in [1.54, 1.807) is 7.11 Å². The highest BCUT2D eigenvalue weighted by Crippen LogP contribution is 2.24. The molecule has 0 unspecified atom stereocenters. The number of esters is 1. The number of para-hydroxylation sites is 1. The molecule has 6 nitrogen and oxygen atoms in total. The molecule has 1 aromatic heterocycles. The molecule has 0 aliphatic heterocycles. The number of amides is 1. The Morgan fingerprint density at radius 1 is 1.24 bits per heavy atom. The predicted molar refractivity (Wildman–Crippen MR) is 95.3 cm³/mol. The van der Waals surface area contributed by atoms with Crippen molar-refractivity contribution in [2.24, 2.45) is 5.92 Å². The van der Waals surface area contributed by atoms with Gasteiger partial charge in [0, 0.05) is 19.0 Å². The van der Waals surface area contributed by atoms with Crippen LogP contribution in [-0.4, -0.2) is 37.1 Å². The zero-order valence-electron chi connectivity index (χ0n) is 15.1. The second-order valence-corrected chi connectivity index (χ2v) is 6.28. The van der Waals surface area contributed by atoms with Gasteiger partial charge in [0.25, 0.3) is 5.91 Å². The summed E-state index contributed by atoms with van der Waals surface area (Å²) in [6, 6.07) is 7.57. The molecule has 1 amide bonds. The van der Waals surface area contributed by atoms with Crippen LogP contribution in [0.4, 0.5) is 0 Å². The summed E-state index contributed by atoms with van der Waals surface area (Å²) in [5.74, 6) is -0.552. The Morgan fingerprint density at radius 2 is 1.96 bits per heavy atom. The van der Waals surface area contributed by atoms with Crippen LogP contribution in [0.15, 0.2) is 24.3 Å². The van der Waals surface area contributed by atoms with E-state index in [1.165, 1.54) is 0 Å². The van der Waals surface area contributed by atoms with Crippen molar-refractivity contribution in [1.82, 2.24) is 10.3 Å². The zero-order chi connectivity index (χ0) is 18.4. The van der Waals surface area contributed by atoms with E-state index in [-0.39, 0.29) is 19.1 Å². The summed E-state index contributed by atoms with van der Waals surface area (Å²) in [4.78, 5) is 28.8. The van der Waals surface area contributed by atoms with Crippen LogP contribution in [0.2, 0.25) is 0 Å². The first-order chi connectivity index (χ1) is 11.9. The molecule has 0 atom stereocenters. The lowest BCUT2D eigenvalue weighted by Crippen LogP contribution is -2.31. The number of carbonyl (C=O) groups is 2. The van der Waals surface area contributed by atoms with Gasteiger partial charge in [-0.2, -0.15) is 0 Å². The Hall–Kier alpha value is -2.47. The van der Waals surface area contributed by atoms with Gasteiger partial charge < -0.3 is 14.8 Å². The molecule has 0 saturated heterocycles. The molecule has 0 fully saturated rings. The molecule has 1 heterocycles. The Bertz CT molecular complexity index is 771. The Morgan fingerprint density at radius 3 is 2.64 bits per heavy atom. The molecule has 0 saturated carbocycles. The van der Waals surface area contributed by atoms with Crippen molar-refractivity contribution in [3.8, 4) is 0 Å². The third kappa shape index (κ3) is 4.76. The van der Waals surface area contributed by atoms with Crippen LogP contribution in [0, 0.1) is 12.8 Å². The van der Waals surface area contributed by atoms with Gasteiger partial charge in [-0.1, -0.05) is 32.0 Å². The van der Waals surface area contributed by atoms with E-state index < -0.39 is 5.97 Å². The van der Waals surface area contributed by atoms with Crippen molar-refractivity contribution < 1.29 is 19.1 Å². The van der Waals surface area contributed by atoms with Crippen LogP contribution < -0.4 is 5.32 Å². The molecule has 0 bridgehead atoms. The first-order valence-corrected chi connectivity index (χ1v) is 8.25. The van der Waals surface area contributed by atoms with E-state index >= 15 is 0 Å². The molecule has 1 N–H and O–H groups in total. The zero-order valence-corrected chi connectivity index (χ0v) is 15.1. The van der Waals surface area contributed by atoms with Gasteiger partial charge in [0.15, 0.2) is 6.61 Å². The molecule has 134 valence electrons. The van der Waals surface area contributed by atoms with Gasteiger partial charge in [-0.15, -0.1) is 0 Å². The van der Waals surface area contributed by atoms with Crippen LogP contribution in [0.5, 0.6) is 0 Å². The Kier molecular flexibility index (Phi) is 6.47. The number of nitrogens with zero attached hydrogens (tertiary/aromatic N) is 1. The molecule has 0 spiro atoms. The maximum Gasteiger partial charge on any atom is 0.340 e. The van der Waals surface area contributed by atoms with E-state index in [9.17, 15) is 9.59 Å². The molecule has 2 rings (SSSR count). The van der Waals surface area contributed by atoms with Gasteiger partial charge in [0.05, 0.1) is 23.4 Å². The molecule has 0 aliphatic rings. The largest absolute Gasteiger partial charge is 0.452 e. The number of hydrogen-bond donors (Lipinski definition) is 1. The van der Waals surface area contributed by atoms with Gasteiger partial charge >= 0.3 is 5.97 Å². The first kappa shape index (κ1) is 18.9. The molecule has 0 radical (unpaired) electrons. The number of benzene rings is 1. The van der Waals surface area contributed by atoms with Gasteiger partial charge in [-0.3, -0.25) is 4.79 Å². The SMILES string of the molecule is COCc1nc2ccccc2c(C)c1C(=O)OCC(=O)NCC(C)C. The van der Waals surface area contributed by atoms with Crippen LogP contribution in [-0.2, 0) is 20.9 Å². The fourth-order valence-corrected chi connectivity index (χ4v) is 2.52. The summed E-state index contributed by atoms with van der Waals surface area (Å²) in [7, 11) is 1.54. The molecule has 2 aromatic rings. The average molecular weight is 344 g/mol. The first-order valence-electron chi connectivity index (χ1n) is 8.25. The van der Waals surface area contributed by atoms with Crippen molar-refractivity contribution in [1.29, 1.82) is 0 Å². The van der Waals surface area contributed by atoms with Crippen molar-refractivity contribution in [3.63, 3.8) is 0 Å².